The van der Waals surface area contributed by atoms with E-state index in [9.17, 15) is 9.59 Å². The minimum absolute atomic E-state index is 0.334. The first-order valence-electron chi connectivity index (χ1n) is 7.00. The van der Waals surface area contributed by atoms with E-state index in [1.165, 1.54) is 6.08 Å². The van der Waals surface area contributed by atoms with Crippen LogP contribution in [0.25, 0.3) is 0 Å². The van der Waals surface area contributed by atoms with Gasteiger partial charge in [0, 0.05) is 5.69 Å². The third kappa shape index (κ3) is 4.28. The molecule has 0 aliphatic heterocycles. The van der Waals surface area contributed by atoms with Crippen molar-refractivity contribution in [3.8, 4) is 5.75 Å². The SMILES string of the molecule is C/C(=N\O)c1ccc(OC(=O)Nc2ccc(C)c(N=C=O)c2)cc1. The van der Waals surface area contributed by atoms with E-state index in [2.05, 4.69) is 15.5 Å². The summed E-state index contributed by atoms with van der Waals surface area (Å²) in [6.07, 6.45) is 0.788. The van der Waals surface area contributed by atoms with E-state index in [1.807, 2.05) is 0 Å². The Balaban J connectivity index is 2.05. The summed E-state index contributed by atoms with van der Waals surface area (Å²) in [6.45, 7) is 3.44. The molecule has 2 aromatic carbocycles. The first-order valence-corrected chi connectivity index (χ1v) is 7.00. The van der Waals surface area contributed by atoms with Gasteiger partial charge in [-0.05, 0) is 61.4 Å². The molecule has 0 saturated heterocycles. The summed E-state index contributed by atoms with van der Waals surface area (Å²) in [4.78, 5) is 25.8. The van der Waals surface area contributed by atoms with Gasteiger partial charge in [-0.1, -0.05) is 11.2 Å². The maximum atomic E-state index is 11.9. The summed E-state index contributed by atoms with van der Waals surface area (Å²) in [6, 6.07) is 11.4. The molecule has 2 rings (SSSR count). The Morgan fingerprint density at radius 2 is 1.92 bits per heavy atom. The molecule has 0 heterocycles. The zero-order valence-electron chi connectivity index (χ0n) is 13.1. The quantitative estimate of drug-likeness (QED) is 0.387. The number of carbonyl (C=O) groups is 1. The van der Waals surface area contributed by atoms with E-state index >= 15 is 0 Å². The van der Waals surface area contributed by atoms with Crippen molar-refractivity contribution in [3.05, 3.63) is 53.6 Å². The lowest BCUT2D eigenvalue weighted by molar-refractivity contribution is 0.215. The topological polar surface area (TPSA) is 100 Å². The number of ether oxygens (including phenoxy) is 1. The number of anilines is 1. The van der Waals surface area contributed by atoms with Gasteiger partial charge in [0.25, 0.3) is 0 Å². The van der Waals surface area contributed by atoms with Gasteiger partial charge >= 0.3 is 6.09 Å². The van der Waals surface area contributed by atoms with Gasteiger partial charge in [-0.25, -0.2) is 9.59 Å². The normalized spacial score (nSPS) is 10.7. The van der Waals surface area contributed by atoms with Crippen LogP contribution in [0.3, 0.4) is 0 Å². The fourth-order valence-electron chi connectivity index (χ4n) is 1.93. The summed E-state index contributed by atoms with van der Waals surface area (Å²) in [5.41, 5.74) is 2.81. The molecule has 2 aromatic rings. The van der Waals surface area contributed by atoms with Gasteiger partial charge in [-0.2, -0.15) is 4.99 Å². The number of aryl methyl sites for hydroxylation is 1. The predicted octanol–water partition coefficient (Wildman–Crippen LogP) is 3.77. The van der Waals surface area contributed by atoms with Gasteiger partial charge in [-0.3, -0.25) is 5.32 Å². The lowest BCUT2D eigenvalue weighted by Crippen LogP contribution is -2.16. The summed E-state index contributed by atoms with van der Waals surface area (Å²) in [7, 11) is 0. The Kier molecular flexibility index (Phi) is 5.44. The highest BCUT2D eigenvalue weighted by atomic mass is 16.6. The molecule has 1 amide bonds. The molecule has 0 fully saturated rings. The second-order valence-corrected chi connectivity index (χ2v) is 4.93. The summed E-state index contributed by atoms with van der Waals surface area (Å²) in [5.74, 6) is 0.334. The molecule has 0 aromatic heterocycles. The van der Waals surface area contributed by atoms with Crippen LogP contribution in [0.5, 0.6) is 5.75 Å². The summed E-state index contributed by atoms with van der Waals surface area (Å²) < 4.78 is 5.16. The van der Waals surface area contributed by atoms with Crippen LogP contribution in [-0.4, -0.2) is 23.1 Å². The number of isocyanates is 1. The third-order valence-electron chi connectivity index (χ3n) is 3.25. The lowest BCUT2D eigenvalue weighted by atomic mass is 10.1. The van der Waals surface area contributed by atoms with E-state index in [0.29, 0.717) is 28.4 Å². The highest BCUT2D eigenvalue weighted by molar-refractivity contribution is 5.98. The molecule has 0 bridgehead atoms. The zero-order chi connectivity index (χ0) is 17.5. The average Bonchev–Trinajstić information content (AvgIpc) is 2.58. The molecule has 0 unspecified atom stereocenters. The van der Waals surface area contributed by atoms with Crippen LogP contribution in [0.15, 0.2) is 52.6 Å². The first-order chi connectivity index (χ1) is 11.5. The maximum Gasteiger partial charge on any atom is 0.417 e. The second-order valence-electron chi connectivity index (χ2n) is 4.93. The van der Waals surface area contributed by atoms with E-state index < -0.39 is 6.09 Å². The van der Waals surface area contributed by atoms with Gasteiger partial charge in [0.15, 0.2) is 0 Å². The van der Waals surface area contributed by atoms with E-state index in [4.69, 9.17) is 9.94 Å². The number of nitrogens with zero attached hydrogens (tertiary/aromatic N) is 2. The van der Waals surface area contributed by atoms with Gasteiger partial charge in [0.2, 0.25) is 6.08 Å². The summed E-state index contributed by atoms with van der Waals surface area (Å²) >= 11 is 0. The fraction of sp³-hybridized carbons (Fsp3) is 0.118. The van der Waals surface area contributed by atoms with Crippen LogP contribution in [-0.2, 0) is 4.79 Å². The Morgan fingerprint density at radius 1 is 1.21 bits per heavy atom. The van der Waals surface area contributed by atoms with E-state index in [0.717, 1.165) is 5.56 Å². The van der Waals surface area contributed by atoms with Crippen molar-refractivity contribution in [3.63, 3.8) is 0 Å². The Labute approximate surface area is 138 Å². The first kappa shape index (κ1) is 16.9. The number of aliphatic imine (C=N–C) groups is 1. The molecule has 0 saturated carbocycles. The maximum absolute atomic E-state index is 11.9. The van der Waals surface area contributed by atoms with E-state index in [1.54, 1.807) is 56.3 Å². The molecule has 0 atom stereocenters. The third-order valence-corrected chi connectivity index (χ3v) is 3.25. The number of hydrogen-bond donors (Lipinski definition) is 2. The molecule has 2 N–H and O–H groups in total. The molecular weight excluding hydrogens is 310 g/mol. The smallest absolute Gasteiger partial charge is 0.411 e. The van der Waals surface area contributed by atoms with Crippen molar-refractivity contribution in [1.82, 2.24) is 0 Å². The average molecular weight is 325 g/mol. The van der Waals surface area contributed by atoms with Crippen molar-refractivity contribution in [2.45, 2.75) is 13.8 Å². The Bertz CT molecular complexity index is 822. The molecule has 122 valence electrons. The molecule has 7 nitrogen and oxygen atoms in total. The Hall–Kier alpha value is -3.44. The van der Waals surface area contributed by atoms with Gasteiger partial charge in [-0.15, -0.1) is 0 Å². The zero-order valence-corrected chi connectivity index (χ0v) is 13.1. The molecule has 0 spiro atoms. The van der Waals surface area contributed by atoms with Crippen LogP contribution in [0, 0.1) is 6.92 Å². The number of benzene rings is 2. The van der Waals surface area contributed by atoms with Gasteiger partial charge < -0.3 is 9.94 Å². The van der Waals surface area contributed by atoms with Gasteiger partial charge in [0.05, 0.1) is 11.4 Å². The number of nitrogens with one attached hydrogen (secondary N) is 1. The number of rotatable bonds is 4. The Morgan fingerprint density at radius 3 is 2.54 bits per heavy atom. The fourth-order valence-corrected chi connectivity index (χ4v) is 1.93. The van der Waals surface area contributed by atoms with Gasteiger partial charge in [0.1, 0.15) is 5.75 Å². The van der Waals surface area contributed by atoms with Crippen LogP contribution in [0.1, 0.15) is 18.1 Å². The molecular formula is C17H15N3O4. The van der Waals surface area contributed by atoms with Crippen LogP contribution in [0.4, 0.5) is 16.2 Å². The standard InChI is InChI=1S/C17H15N3O4/c1-11-3-6-14(9-16(11)18-10-21)19-17(22)24-15-7-4-13(5-8-15)12(2)20-23/h3-9,23H,1-2H3,(H,19,22)/b20-12+. The largest absolute Gasteiger partial charge is 0.417 e. The number of oxime groups is 1. The van der Waals surface area contributed by atoms with Crippen molar-refractivity contribution in [1.29, 1.82) is 0 Å². The van der Waals surface area contributed by atoms with E-state index in [-0.39, 0.29) is 0 Å². The van der Waals surface area contributed by atoms with Crippen LogP contribution in [0.2, 0.25) is 0 Å². The minimum Gasteiger partial charge on any atom is -0.411 e. The van der Waals surface area contributed by atoms with Crippen molar-refractivity contribution < 1.29 is 19.5 Å². The van der Waals surface area contributed by atoms with Crippen molar-refractivity contribution in [2.24, 2.45) is 10.1 Å². The monoisotopic (exact) mass is 325 g/mol. The number of hydrogen-bond acceptors (Lipinski definition) is 6. The molecule has 0 radical (unpaired) electrons. The van der Waals surface area contributed by atoms with Crippen molar-refractivity contribution >= 4 is 29.3 Å². The molecule has 0 aliphatic rings. The second kappa shape index (κ2) is 7.71. The molecule has 7 heteroatoms. The number of carbonyl (C=O) groups excluding carboxylic acids is 2. The summed E-state index contributed by atoms with van der Waals surface area (Å²) in [5, 5.41) is 14.4. The molecule has 24 heavy (non-hydrogen) atoms. The van der Waals surface area contributed by atoms with Crippen LogP contribution < -0.4 is 10.1 Å². The minimum atomic E-state index is -0.680. The van der Waals surface area contributed by atoms with Crippen LogP contribution >= 0.6 is 0 Å². The number of amides is 1. The highest BCUT2D eigenvalue weighted by Gasteiger charge is 2.07. The highest BCUT2D eigenvalue weighted by Crippen LogP contribution is 2.23. The van der Waals surface area contributed by atoms with Crippen molar-refractivity contribution in [2.75, 3.05) is 5.32 Å². The predicted molar refractivity (Wildman–Crippen MR) is 89.0 cm³/mol. The lowest BCUT2D eigenvalue weighted by Gasteiger charge is -2.08. The molecule has 0 aliphatic carbocycles.